The first-order chi connectivity index (χ1) is 6.33. The Morgan fingerprint density at radius 3 is 3.00 bits per heavy atom. The molecule has 5 nitrogen and oxygen atoms in total. The minimum absolute atomic E-state index is 0. The van der Waals surface area contributed by atoms with Crippen molar-refractivity contribution in [1.82, 2.24) is 15.3 Å². The second-order valence-corrected chi connectivity index (χ2v) is 2.72. The van der Waals surface area contributed by atoms with Gasteiger partial charge in [-0.05, 0) is 0 Å². The highest BCUT2D eigenvalue weighted by Crippen LogP contribution is 1.90. The van der Waals surface area contributed by atoms with Crippen LogP contribution in [0.4, 0.5) is 0 Å². The van der Waals surface area contributed by atoms with Gasteiger partial charge in [0, 0.05) is 37.8 Å². The zero-order valence-electron chi connectivity index (χ0n) is 7.82. The monoisotopic (exact) mass is 218 g/mol. The fourth-order valence-electron chi connectivity index (χ4n) is 0.977. The summed E-state index contributed by atoms with van der Waals surface area (Å²) in [5, 5.41) is 2.76. The molecule has 0 unspecified atom stereocenters. The van der Waals surface area contributed by atoms with Crippen LogP contribution in [0, 0.1) is 0 Å². The third kappa shape index (κ3) is 4.84. The number of carbonyl (C=O) groups is 1. The molecule has 6 heteroatoms. The maximum Gasteiger partial charge on any atom is 0.221 e. The fraction of sp³-hybridized carbons (Fsp3) is 0.500. The number of nitrogens with two attached hydrogens (primary N) is 1. The van der Waals surface area contributed by atoms with E-state index >= 15 is 0 Å². The third-order valence-corrected chi connectivity index (χ3v) is 1.64. The highest BCUT2D eigenvalue weighted by atomic mass is 35.5. The largest absolute Gasteiger partial charge is 0.356 e. The summed E-state index contributed by atoms with van der Waals surface area (Å²) < 4.78 is 0. The number of nitrogens with zero attached hydrogens (tertiary/aromatic N) is 1. The van der Waals surface area contributed by atoms with E-state index in [2.05, 4.69) is 15.3 Å². The Labute approximate surface area is 88.9 Å². The summed E-state index contributed by atoms with van der Waals surface area (Å²) in [6.07, 6.45) is 4.53. The van der Waals surface area contributed by atoms with E-state index in [-0.39, 0.29) is 18.3 Å². The summed E-state index contributed by atoms with van der Waals surface area (Å²) in [6, 6.07) is 0. The van der Waals surface area contributed by atoms with Gasteiger partial charge in [0.1, 0.15) is 0 Å². The first kappa shape index (κ1) is 12.9. The third-order valence-electron chi connectivity index (χ3n) is 1.64. The molecule has 1 heterocycles. The maximum absolute atomic E-state index is 11.0. The molecule has 0 fully saturated rings. The average molecular weight is 219 g/mol. The van der Waals surface area contributed by atoms with Crippen molar-refractivity contribution < 1.29 is 4.79 Å². The number of carbonyl (C=O) groups excluding carboxylic acids is 1. The van der Waals surface area contributed by atoms with Crippen LogP contribution in [0.2, 0.25) is 0 Å². The molecule has 4 N–H and O–H groups in total. The number of nitrogens with one attached hydrogen (secondary N) is 2. The van der Waals surface area contributed by atoms with Gasteiger partial charge in [-0.1, -0.05) is 0 Å². The van der Waals surface area contributed by atoms with Gasteiger partial charge in [0.15, 0.2) is 0 Å². The van der Waals surface area contributed by atoms with Crippen molar-refractivity contribution in [3.8, 4) is 0 Å². The van der Waals surface area contributed by atoms with E-state index in [4.69, 9.17) is 5.73 Å². The molecule has 0 radical (unpaired) electrons. The Balaban J connectivity index is 0.00000169. The molecule has 0 aliphatic rings. The molecular formula is C8H15ClN4O. The van der Waals surface area contributed by atoms with E-state index in [1.54, 1.807) is 12.5 Å². The Hall–Kier alpha value is -1.07. The van der Waals surface area contributed by atoms with Crippen molar-refractivity contribution in [3.63, 3.8) is 0 Å². The SMILES string of the molecule is Cl.NCCC(=O)NCCc1cnc[nH]1. The number of rotatable bonds is 5. The lowest BCUT2D eigenvalue weighted by atomic mass is 10.3. The molecule has 0 bridgehead atoms. The molecule has 0 aliphatic carbocycles. The Morgan fingerprint density at radius 2 is 2.43 bits per heavy atom. The van der Waals surface area contributed by atoms with Crippen LogP contribution in [-0.4, -0.2) is 29.0 Å². The van der Waals surface area contributed by atoms with Gasteiger partial charge in [0.05, 0.1) is 6.33 Å². The topological polar surface area (TPSA) is 83.8 Å². The second-order valence-electron chi connectivity index (χ2n) is 2.72. The lowest BCUT2D eigenvalue weighted by Gasteiger charge is -2.01. The van der Waals surface area contributed by atoms with E-state index in [0.29, 0.717) is 19.5 Å². The molecule has 1 amide bonds. The molecular weight excluding hydrogens is 204 g/mol. The molecule has 0 spiro atoms. The van der Waals surface area contributed by atoms with Crippen LogP contribution in [-0.2, 0) is 11.2 Å². The van der Waals surface area contributed by atoms with Crippen molar-refractivity contribution in [2.45, 2.75) is 12.8 Å². The molecule has 0 aliphatic heterocycles. The van der Waals surface area contributed by atoms with Gasteiger partial charge in [-0.2, -0.15) is 0 Å². The lowest BCUT2D eigenvalue weighted by molar-refractivity contribution is -0.120. The predicted molar refractivity (Wildman–Crippen MR) is 56.2 cm³/mol. The van der Waals surface area contributed by atoms with Crippen LogP contribution in [0.15, 0.2) is 12.5 Å². The molecule has 0 saturated heterocycles. The average Bonchev–Trinajstić information content (AvgIpc) is 2.57. The standard InChI is InChI=1S/C8H14N4O.ClH/c9-3-1-8(13)11-4-2-7-5-10-6-12-7;/h5-6H,1-4,9H2,(H,10,12)(H,11,13);1H. The summed E-state index contributed by atoms with van der Waals surface area (Å²) in [7, 11) is 0. The van der Waals surface area contributed by atoms with Crippen LogP contribution in [0.5, 0.6) is 0 Å². The van der Waals surface area contributed by atoms with Gasteiger partial charge in [-0.25, -0.2) is 4.98 Å². The first-order valence-electron chi connectivity index (χ1n) is 4.27. The van der Waals surface area contributed by atoms with Crippen molar-refractivity contribution >= 4 is 18.3 Å². The number of hydrogen-bond donors (Lipinski definition) is 3. The molecule has 0 aromatic carbocycles. The Bertz CT molecular complexity index is 250. The van der Waals surface area contributed by atoms with Crippen LogP contribution in [0.1, 0.15) is 12.1 Å². The summed E-state index contributed by atoms with van der Waals surface area (Å²) >= 11 is 0. The highest BCUT2D eigenvalue weighted by Gasteiger charge is 1.98. The number of amides is 1. The molecule has 14 heavy (non-hydrogen) atoms. The summed E-state index contributed by atoms with van der Waals surface area (Å²) in [5.41, 5.74) is 6.24. The van der Waals surface area contributed by atoms with Crippen molar-refractivity contribution in [2.24, 2.45) is 5.73 Å². The van der Waals surface area contributed by atoms with E-state index < -0.39 is 0 Å². The zero-order valence-corrected chi connectivity index (χ0v) is 8.64. The Morgan fingerprint density at radius 1 is 1.64 bits per heavy atom. The summed E-state index contributed by atoms with van der Waals surface area (Å²) in [6.45, 7) is 1.02. The molecule has 1 aromatic rings. The summed E-state index contributed by atoms with van der Waals surface area (Å²) in [4.78, 5) is 17.8. The smallest absolute Gasteiger partial charge is 0.221 e. The van der Waals surface area contributed by atoms with Crippen LogP contribution >= 0.6 is 12.4 Å². The number of aromatic nitrogens is 2. The molecule has 80 valence electrons. The molecule has 1 aromatic heterocycles. The van der Waals surface area contributed by atoms with Gasteiger partial charge < -0.3 is 16.0 Å². The minimum atomic E-state index is 0. The quantitative estimate of drug-likeness (QED) is 0.642. The first-order valence-corrected chi connectivity index (χ1v) is 4.27. The van der Waals surface area contributed by atoms with Crippen LogP contribution in [0.25, 0.3) is 0 Å². The van der Waals surface area contributed by atoms with E-state index in [1.165, 1.54) is 0 Å². The van der Waals surface area contributed by atoms with Crippen molar-refractivity contribution in [1.29, 1.82) is 0 Å². The predicted octanol–water partition coefficient (Wildman–Crippen LogP) is -0.161. The van der Waals surface area contributed by atoms with Crippen LogP contribution in [0.3, 0.4) is 0 Å². The highest BCUT2D eigenvalue weighted by molar-refractivity contribution is 5.85. The molecule has 0 atom stereocenters. The molecule has 0 saturated carbocycles. The lowest BCUT2D eigenvalue weighted by Crippen LogP contribution is -2.27. The number of hydrogen-bond acceptors (Lipinski definition) is 3. The second kappa shape index (κ2) is 7.34. The van der Waals surface area contributed by atoms with Gasteiger partial charge in [-0.15, -0.1) is 12.4 Å². The molecule has 1 rings (SSSR count). The number of aromatic amines is 1. The van der Waals surface area contributed by atoms with Gasteiger partial charge in [-0.3, -0.25) is 4.79 Å². The minimum Gasteiger partial charge on any atom is -0.356 e. The maximum atomic E-state index is 11.0. The Kier molecular flexibility index (Phi) is 6.78. The normalized spacial score (nSPS) is 9.21. The fourth-order valence-corrected chi connectivity index (χ4v) is 0.977. The van der Waals surface area contributed by atoms with E-state index in [0.717, 1.165) is 12.1 Å². The van der Waals surface area contributed by atoms with Gasteiger partial charge in [0.25, 0.3) is 0 Å². The number of imidazole rings is 1. The van der Waals surface area contributed by atoms with Crippen molar-refractivity contribution in [2.75, 3.05) is 13.1 Å². The summed E-state index contributed by atoms with van der Waals surface area (Å²) in [5.74, 6) is 0.00187. The zero-order chi connectivity index (χ0) is 9.52. The van der Waals surface area contributed by atoms with E-state index in [1.807, 2.05) is 0 Å². The van der Waals surface area contributed by atoms with Crippen molar-refractivity contribution in [3.05, 3.63) is 18.2 Å². The van der Waals surface area contributed by atoms with Crippen LogP contribution < -0.4 is 11.1 Å². The number of H-pyrrole nitrogens is 1. The van der Waals surface area contributed by atoms with Gasteiger partial charge in [0.2, 0.25) is 5.91 Å². The number of halogens is 1. The van der Waals surface area contributed by atoms with Gasteiger partial charge >= 0.3 is 0 Å². The van der Waals surface area contributed by atoms with E-state index in [9.17, 15) is 4.79 Å².